The molecule has 1 aromatic carbocycles. The summed E-state index contributed by atoms with van der Waals surface area (Å²) in [5.41, 5.74) is 0.349. The number of nitrogens with zero attached hydrogens (tertiary/aromatic N) is 2. The third-order valence-corrected chi connectivity index (χ3v) is 2.68. The molecule has 0 saturated carbocycles. The lowest BCUT2D eigenvalue weighted by molar-refractivity contribution is -0.384. The van der Waals surface area contributed by atoms with Gasteiger partial charge in [-0.15, -0.1) is 0 Å². The van der Waals surface area contributed by atoms with Crippen molar-refractivity contribution in [2.45, 2.75) is 19.9 Å². The van der Waals surface area contributed by atoms with E-state index in [9.17, 15) is 14.9 Å². The number of carboxylic acids is 1. The van der Waals surface area contributed by atoms with Crippen molar-refractivity contribution in [3.8, 4) is 0 Å². The number of halogens is 1. The number of hydrogen-bond donors (Lipinski definition) is 1. The van der Waals surface area contributed by atoms with E-state index < -0.39 is 10.9 Å². The van der Waals surface area contributed by atoms with Crippen molar-refractivity contribution in [3.05, 3.63) is 33.3 Å². The monoisotopic (exact) mass is 272 g/mol. The molecule has 7 heteroatoms. The van der Waals surface area contributed by atoms with Crippen LogP contribution in [0.5, 0.6) is 0 Å². The number of hydrogen-bond acceptors (Lipinski definition) is 4. The second-order valence-corrected chi connectivity index (χ2v) is 4.42. The van der Waals surface area contributed by atoms with Gasteiger partial charge in [0.2, 0.25) is 0 Å². The van der Waals surface area contributed by atoms with E-state index in [1.165, 1.54) is 18.2 Å². The molecule has 0 bridgehead atoms. The number of nitro benzene ring substituents is 1. The first-order valence-corrected chi connectivity index (χ1v) is 5.63. The van der Waals surface area contributed by atoms with E-state index in [1.54, 1.807) is 4.90 Å². The standard InChI is InChI=1S/C11H13ClN2O4/c1-7(2)13(6-11(15)16)10-4-3-8(14(17)18)5-9(10)12/h3-5,7H,6H2,1-2H3,(H,15,16). The van der Waals surface area contributed by atoms with Gasteiger partial charge >= 0.3 is 5.97 Å². The Balaban J connectivity index is 3.13. The third kappa shape index (κ3) is 3.33. The zero-order valence-electron chi connectivity index (χ0n) is 9.96. The minimum atomic E-state index is -0.988. The summed E-state index contributed by atoms with van der Waals surface area (Å²) in [6.07, 6.45) is 0. The van der Waals surface area contributed by atoms with Crippen LogP contribution in [0.15, 0.2) is 18.2 Å². The highest BCUT2D eigenvalue weighted by Gasteiger charge is 2.19. The van der Waals surface area contributed by atoms with Crippen LogP contribution < -0.4 is 4.90 Å². The molecule has 0 amide bonds. The molecular weight excluding hydrogens is 260 g/mol. The maximum Gasteiger partial charge on any atom is 0.323 e. The summed E-state index contributed by atoms with van der Waals surface area (Å²) in [6.45, 7) is 3.43. The fourth-order valence-electron chi connectivity index (χ4n) is 1.53. The quantitative estimate of drug-likeness (QED) is 0.658. The van der Waals surface area contributed by atoms with Crippen molar-refractivity contribution in [2.24, 2.45) is 0 Å². The lowest BCUT2D eigenvalue weighted by atomic mass is 10.2. The van der Waals surface area contributed by atoms with E-state index in [4.69, 9.17) is 16.7 Å². The molecule has 0 aliphatic carbocycles. The molecule has 0 heterocycles. The van der Waals surface area contributed by atoms with Crippen molar-refractivity contribution < 1.29 is 14.8 Å². The Morgan fingerprint density at radius 2 is 2.17 bits per heavy atom. The summed E-state index contributed by atoms with van der Waals surface area (Å²) in [4.78, 5) is 22.4. The average molecular weight is 273 g/mol. The first-order valence-electron chi connectivity index (χ1n) is 5.25. The molecule has 0 saturated heterocycles. The van der Waals surface area contributed by atoms with Gasteiger partial charge in [0.1, 0.15) is 6.54 Å². The van der Waals surface area contributed by atoms with Crippen LogP contribution in [0, 0.1) is 10.1 Å². The van der Waals surface area contributed by atoms with Crippen molar-refractivity contribution in [1.29, 1.82) is 0 Å². The van der Waals surface area contributed by atoms with Gasteiger partial charge in [-0.25, -0.2) is 0 Å². The average Bonchev–Trinajstić information content (AvgIpc) is 2.25. The number of benzene rings is 1. The maximum absolute atomic E-state index is 10.8. The van der Waals surface area contributed by atoms with E-state index in [-0.39, 0.29) is 23.3 Å². The Morgan fingerprint density at radius 1 is 1.56 bits per heavy atom. The molecule has 0 radical (unpaired) electrons. The molecule has 0 spiro atoms. The molecule has 18 heavy (non-hydrogen) atoms. The molecular formula is C11H13ClN2O4. The molecule has 0 fully saturated rings. The van der Waals surface area contributed by atoms with E-state index >= 15 is 0 Å². The van der Waals surface area contributed by atoms with Gasteiger partial charge in [-0.1, -0.05) is 11.6 Å². The summed E-state index contributed by atoms with van der Waals surface area (Å²) in [5, 5.41) is 19.6. The Kier molecular flexibility index (Phi) is 4.49. The third-order valence-electron chi connectivity index (χ3n) is 2.38. The number of anilines is 1. The number of rotatable bonds is 5. The summed E-state index contributed by atoms with van der Waals surface area (Å²) in [6, 6.07) is 3.90. The molecule has 0 aromatic heterocycles. The first-order chi connectivity index (χ1) is 8.32. The highest BCUT2D eigenvalue weighted by atomic mass is 35.5. The molecule has 0 unspecified atom stereocenters. The van der Waals surface area contributed by atoms with Gasteiger partial charge in [0, 0.05) is 18.2 Å². The van der Waals surface area contributed by atoms with Crippen molar-refractivity contribution in [3.63, 3.8) is 0 Å². The molecule has 0 aliphatic rings. The maximum atomic E-state index is 10.8. The normalized spacial score (nSPS) is 10.4. The Bertz CT molecular complexity index is 476. The Hall–Kier alpha value is -1.82. The van der Waals surface area contributed by atoms with Crippen LogP contribution in [0.2, 0.25) is 5.02 Å². The number of aliphatic carboxylic acids is 1. The van der Waals surface area contributed by atoms with Crippen LogP contribution in [0.25, 0.3) is 0 Å². The molecule has 98 valence electrons. The van der Waals surface area contributed by atoms with Crippen LogP contribution in [0.1, 0.15) is 13.8 Å². The molecule has 1 aromatic rings. The van der Waals surface area contributed by atoms with Gasteiger partial charge in [-0.05, 0) is 19.9 Å². The van der Waals surface area contributed by atoms with Crippen LogP contribution >= 0.6 is 11.6 Å². The van der Waals surface area contributed by atoms with Gasteiger partial charge in [-0.2, -0.15) is 0 Å². The van der Waals surface area contributed by atoms with E-state index in [0.717, 1.165) is 0 Å². The van der Waals surface area contributed by atoms with Gasteiger partial charge in [0.25, 0.3) is 5.69 Å². The summed E-state index contributed by atoms with van der Waals surface area (Å²) in [7, 11) is 0. The molecule has 0 aliphatic heterocycles. The van der Waals surface area contributed by atoms with Gasteiger partial charge in [0.15, 0.2) is 0 Å². The van der Waals surface area contributed by atoms with Crippen molar-refractivity contribution in [1.82, 2.24) is 0 Å². The van der Waals surface area contributed by atoms with Gasteiger partial charge < -0.3 is 10.0 Å². The second kappa shape index (κ2) is 5.68. The van der Waals surface area contributed by atoms with Gasteiger partial charge in [-0.3, -0.25) is 14.9 Å². The van der Waals surface area contributed by atoms with E-state index in [0.29, 0.717) is 5.69 Å². The van der Waals surface area contributed by atoms with Crippen LogP contribution in [0.3, 0.4) is 0 Å². The fourth-order valence-corrected chi connectivity index (χ4v) is 1.82. The minimum Gasteiger partial charge on any atom is -0.480 e. The topological polar surface area (TPSA) is 83.7 Å². The minimum absolute atomic E-state index is 0.0833. The smallest absolute Gasteiger partial charge is 0.323 e. The predicted octanol–water partition coefficient (Wildman–Crippen LogP) is 2.55. The van der Waals surface area contributed by atoms with Crippen molar-refractivity contribution >= 4 is 28.9 Å². The molecule has 0 atom stereocenters. The largest absolute Gasteiger partial charge is 0.480 e. The van der Waals surface area contributed by atoms with Crippen molar-refractivity contribution in [2.75, 3.05) is 11.4 Å². The number of nitro groups is 1. The van der Waals surface area contributed by atoms with Crippen LogP contribution in [-0.4, -0.2) is 28.6 Å². The van der Waals surface area contributed by atoms with E-state index in [2.05, 4.69) is 0 Å². The highest BCUT2D eigenvalue weighted by molar-refractivity contribution is 6.33. The second-order valence-electron chi connectivity index (χ2n) is 4.01. The first kappa shape index (κ1) is 14.2. The fraction of sp³-hybridized carbons (Fsp3) is 0.364. The van der Waals surface area contributed by atoms with Crippen LogP contribution in [-0.2, 0) is 4.79 Å². The molecule has 1 rings (SSSR count). The lowest BCUT2D eigenvalue weighted by Crippen LogP contribution is -2.35. The number of carbonyl (C=O) groups is 1. The molecule has 6 nitrogen and oxygen atoms in total. The number of carboxylic acid groups (broad SMARTS) is 1. The Morgan fingerprint density at radius 3 is 2.56 bits per heavy atom. The summed E-state index contributed by atoms with van der Waals surface area (Å²) < 4.78 is 0. The van der Waals surface area contributed by atoms with E-state index in [1.807, 2.05) is 13.8 Å². The van der Waals surface area contributed by atoms with Crippen LogP contribution in [0.4, 0.5) is 11.4 Å². The highest BCUT2D eigenvalue weighted by Crippen LogP contribution is 2.30. The molecule has 1 N–H and O–H groups in total. The SMILES string of the molecule is CC(C)N(CC(=O)O)c1ccc([N+](=O)[O-])cc1Cl. The Labute approximate surface area is 109 Å². The zero-order valence-corrected chi connectivity index (χ0v) is 10.7. The summed E-state index contributed by atoms with van der Waals surface area (Å²) >= 11 is 5.96. The summed E-state index contributed by atoms with van der Waals surface area (Å²) in [5.74, 6) is -0.988. The number of non-ortho nitro benzene ring substituents is 1. The zero-order chi connectivity index (χ0) is 13.9. The predicted molar refractivity (Wildman–Crippen MR) is 68.2 cm³/mol. The lowest BCUT2D eigenvalue weighted by Gasteiger charge is -2.27. The van der Waals surface area contributed by atoms with Gasteiger partial charge in [0.05, 0.1) is 15.6 Å².